The monoisotopic (exact) mass is 260 g/mol. The second-order valence-electron chi connectivity index (χ2n) is 4.76. The van der Waals surface area contributed by atoms with E-state index in [2.05, 4.69) is 22.1 Å². The molecular formula is C17H12N2O. The molecule has 0 aliphatic rings. The lowest BCUT2D eigenvalue weighted by Crippen LogP contribution is -1.92. The Balaban J connectivity index is 2.19. The zero-order chi connectivity index (χ0) is 13.5. The molecule has 0 N–H and O–H groups in total. The van der Waals surface area contributed by atoms with E-state index in [-0.39, 0.29) is 0 Å². The van der Waals surface area contributed by atoms with Crippen LogP contribution in [0.3, 0.4) is 0 Å². The summed E-state index contributed by atoms with van der Waals surface area (Å²) in [5, 5.41) is 2.04. The second-order valence-corrected chi connectivity index (χ2v) is 4.76. The van der Waals surface area contributed by atoms with E-state index in [0.717, 1.165) is 33.4 Å². The van der Waals surface area contributed by atoms with Crippen LogP contribution in [0.4, 0.5) is 0 Å². The summed E-state index contributed by atoms with van der Waals surface area (Å²) in [6.07, 6.45) is 0. The average molecular weight is 260 g/mol. The molecule has 0 unspecified atom stereocenters. The van der Waals surface area contributed by atoms with Gasteiger partial charge in [-0.3, -0.25) is 0 Å². The lowest BCUT2D eigenvalue weighted by molar-refractivity contribution is 0.651. The number of hydrogen-bond donors (Lipinski definition) is 0. The van der Waals surface area contributed by atoms with Crippen molar-refractivity contribution in [3.05, 3.63) is 60.4 Å². The van der Waals surface area contributed by atoms with Gasteiger partial charge in [-0.05, 0) is 13.0 Å². The summed E-state index contributed by atoms with van der Waals surface area (Å²) in [7, 11) is 0. The first kappa shape index (κ1) is 11.2. The third kappa shape index (κ3) is 1.60. The van der Waals surface area contributed by atoms with Crippen LogP contribution in [0, 0.1) is 6.92 Å². The number of para-hydroxylation sites is 1. The van der Waals surface area contributed by atoms with Crippen molar-refractivity contribution in [1.29, 1.82) is 0 Å². The molecule has 0 spiro atoms. The van der Waals surface area contributed by atoms with E-state index >= 15 is 0 Å². The Morgan fingerprint density at radius 2 is 1.60 bits per heavy atom. The number of nitrogens with zero attached hydrogens (tertiary/aromatic N) is 2. The van der Waals surface area contributed by atoms with E-state index in [1.54, 1.807) is 0 Å². The molecular weight excluding hydrogens is 248 g/mol. The lowest BCUT2D eigenvalue weighted by Gasteiger charge is -2.03. The molecule has 0 saturated carbocycles. The Morgan fingerprint density at radius 1 is 0.850 bits per heavy atom. The van der Waals surface area contributed by atoms with Gasteiger partial charge in [-0.25, -0.2) is 4.98 Å². The Hall–Kier alpha value is -2.68. The number of benzene rings is 2. The molecule has 96 valence electrons. The van der Waals surface area contributed by atoms with Crippen LogP contribution >= 0.6 is 0 Å². The van der Waals surface area contributed by atoms with Gasteiger partial charge in [0.25, 0.3) is 0 Å². The number of furan rings is 1. The van der Waals surface area contributed by atoms with Crippen LogP contribution in [-0.4, -0.2) is 9.97 Å². The van der Waals surface area contributed by atoms with E-state index in [1.807, 2.05) is 49.4 Å². The van der Waals surface area contributed by atoms with Crippen LogP contribution in [0.25, 0.3) is 33.3 Å². The standard InChI is InChI=1S/C17H12N2O/c1-11-18-16(12-7-3-2-4-8-12)15-13-9-5-6-10-14(13)20-17(15)19-11/h2-10H,1H3. The fraction of sp³-hybridized carbons (Fsp3) is 0.0588. The lowest BCUT2D eigenvalue weighted by atomic mass is 10.1. The van der Waals surface area contributed by atoms with E-state index in [1.165, 1.54) is 0 Å². The Kier molecular flexibility index (Phi) is 2.33. The highest BCUT2D eigenvalue weighted by Crippen LogP contribution is 2.34. The van der Waals surface area contributed by atoms with Crippen LogP contribution in [0.1, 0.15) is 5.82 Å². The van der Waals surface area contributed by atoms with Crippen LogP contribution in [0.2, 0.25) is 0 Å². The molecule has 0 aliphatic heterocycles. The van der Waals surface area contributed by atoms with Crippen molar-refractivity contribution in [2.24, 2.45) is 0 Å². The first-order chi connectivity index (χ1) is 9.83. The highest BCUT2D eigenvalue weighted by molar-refractivity contribution is 6.10. The smallest absolute Gasteiger partial charge is 0.231 e. The third-order valence-corrected chi connectivity index (χ3v) is 3.40. The quantitative estimate of drug-likeness (QED) is 0.510. The highest BCUT2D eigenvalue weighted by Gasteiger charge is 2.15. The maximum atomic E-state index is 5.84. The Bertz CT molecular complexity index is 910. The van der Waals surface area contributed by atoms with Gasteiger partial charge < -0.3 is 4.42 Å². The fourth-order valence-electron chi connectivity index (χ4n) is 2.53. The van der Waals surface area contributed by atoms with Crippen LogP contribution in [0.5, 0.6) is 0 Å². The van der Waals surface area contributed by atoms with E-state index in [9.17, 15) is 0 Å². The predicted octanol–water partition coefficient (Wildman–Crippen LogP) is 4.35. The molecule has 4 rings (SSSR count). The minimum Gasteiger partial charge on any atom is -0.438 e. The minimum absolute atomic E-state index is 0.651. The molecule has 0 saturated heterocycles. The molecule has 3 heteroatoms. The van der Waals surface area contributed by atoms with Crippen molar-refractivity contribution in [2.75, 3.05) is 0 Å². The maximum Gasteiger partial charge on any atom is 0.231 e. The first-order valence-corrected chi connectivity index (χ1v) is 6.54. The summed E-state index contributed by atoms with van der Waals surface area (Å²) in [6, 6.07) is 18.1. The zero-order valence-electron chi connectivity index (χ0n) is 11.0. The summed E-state index contributed by atoms with van der Waals surface area (Å²) in [6.45, 7) is 1.89. The number of aryl methyl sites for hydroxylation is 1. The molecule has 20 heavy (non-hydrogen) atoms. The maximum absolute atomic E-state index is 5.84. The summed E-state index contributed by atoms with van der Waals surface area (Å²) < 4.78 is 5.84. The van der Waals surface area contributed by atoms with E-state index < -0.39 is 0 Å². The largest absolute Gasteiger partial charge is 0.438 e. The van der Waals surface area contributed by atoms with E-state index in [4.69, 9.17) is 4.42 Å². The van der Waals surface area contributed by atoms with Gasteiger partial charge in [0.05, 0.1) is 11.1 Å². The van der Waals surface area contributed by atoms with Gasteiger partial charge in [-0.2, -0.15) is 4.98 Å². The molecule has 3 nitrogen and oxygen atoms in total. The van der Waals surface area contributed by atoms with Crippen molar-refractivity contribution in [2.45, 2.75) is 6.92 Å². The van der Waals surface area contributed by atoms with Gasteiger partial charge in [0.15, 0.2) is 0 Å². The Labute approximate surface area is 115 Å². The molecule has 0 fully saturated rings. The van der Waals surface area contributed by atoms with Crippen LogP contribution in [-0.2, 0) is 0 Å². The van der Waals surface area contributed by atoms with Crippen molar-refractivity contribution in [3.8, 4) is 11.3 Å². The number of hydrogen-bond acceptors (Lipinski definition) is 3. The van der Waals surface area contributed by atoms with E-state index in [0.29, 0.717) is 5.71 Å². The SMILES string of the molecule is Cc1nc(-c2ccccc2)c2c(n1)oc1ccccc12. The fourth-order valence-corrected chi connectivity index (χ4v) is 2.53. The third-order valence-electron chi connectivity index (χ3n) is 3.40. The molecule has 0 radical (unpaired) electrons. The normalized spacial score (nSPS) is 11.2. The number of aromatic nitrogens is 2. The van der Waals surface area contributed by atoms with Gasteiger partial charge in [0.1, 0.15) is 11.4 Å². The topological polar surface area (TPSA) is 38.9 Å². The molecule has 4 aromatic rings. The summed E-state index contributed by atoms with van der Waals surface area (Å²) >= 11 is 0. The van der Waals surface area contributed by atoms with Crippen molar-refractivity contribution < 1.29 is 4.42 Å². The summed E-state index contributed by atoms with van der Waals surface area (Å²) in [4.78, 5) is 9.04. The van der Waals surface area contributed by atoms with Crippen molar-refractivity contribution in [3.63, 3.8) is 0 Å². The molecule has 2 aromatic heterocycles. The molecule has 0 bridgehead atoms. The molecule has 0 amide bonds. The second kappa shape index (κ2) is 4.17. The van der Waals surface area contributed by atoms with Gasteiger partial charge in [0, 0.05) is 10.9 Å². The molecule has 2 heterocycles. The van der Waals surface area contributed by atoms with Crippen LogP contribution < -0.4 is 0 Å². The van der Waals surface area contributed by atoms with Gasteiger partial charge >= 0.3 is 0 Å². The minimum atomic E-state index is 0.651. The predicted molar refractivity (Wildman–Crippen MR) is 79.5 cm³/mol. The van der Waals surface area contributed by atoms with Gasteiger partial charge in [-0.15, -0.1) is 0 Å². The zero-order valence-corrected chi connectivity index (χ0v) is 11.0. The average Bonchev–Trinajstić information content (AvgIpc) is 2.85. The first-order valence-electron chi connectivity index (χ1n) is 6.54. The van der Waals surface area contributed by atoms with Crippen LogP contribution in [0.15, 0.2) is 59.0 Å². The molecule has 0 aliphatic carbocycles. The Morgan fingerprint density at radius 3 is 2.45 bits per heavy atom. The number of fused-ring (bicyclic) bond motifs is 3. The molecule has 0 atom stereocenters. The number of rotatable bonds is 1. The summed E-state index contributed by atoms with van der Waals surface area (Å²) in [5.41, 5.74) is 3.50. The van der Waals surface area contributed by atoms with Crippen molar-refractivity contribution in [1.82, 2.24) is 9.97 Å². The van der Waals surface area contributed by atoms with Gasteiger partial charge in [-0.1, -0.05) is 48.5 Å². The molecule has 2 aromatic carbocycles. The van der Waals surface area contributed by atoms with Crippen molar-refractivity contribution >= 4 is 22.1 Å². The highest BCUT2D eigenvalue weighted by atomic mass is 16.3. The summed E-state index contributed by atoms with van der Waals surface area (Å²) in [5.74, 6) is 0.718. The van der Waals surface area contributed by atoms with Gasteiger partial charge in [0.2, 0.25) is 5.71 Å².